The van der Waals surface area contributed by atoms with Crippen LogP contribution in [0.3, 0.4) is 0 Å². The summed E-state index contributed by atoms with van der Waals surface area (Å²) in [4.78, 5) is 11.7. The van der Waals surface area contributed by atoms with Crippen LogP contribution in [0.2, 0.25) is 0 Å². The van der Waals surface area contributed by atoms with E-state index >= 15 is 0 Å². The van der Waals surface area contributed by atoms with Crippen LogP contribution in [-0.2, 0) is 20.8 Å². The predicted octanol–water partition coefficient (Wildman–Crippen LogP) is 4.98. The molecule has 0 fully saturated rings. The van der Waals surface area contributed by atoms with Crippen molar-refractivity contribution in [2.75, 3.05) is 6.26 Å². The van der Waals surface area contributed by atoms with Crippen LogP contribution in [0.4, 0.5) is 13.2 Å². The van der Waals surface area contributed by atoms with Gasteiger partial charge in [-0.25, -0.2) is 17.9 Å². The molecule has 0 saturated heterocycles. The Morgan fingerprint density at radius 3 is 2.03 bits per heavy atom. The number of aliphatic carboxylic acids is 1. The van der Waals surface area contributed by atoms with Crippen LogP contribution < -0.4 is 0 Å². The Balaban J connectivity index is 2.38. The van der Waals surface area contributed by atoms with Crippen molar-refractivity contribution in [2.24, 2.45) is 0 Å². The Hall–Kier alpha value is -3.14. The standard InChI is InChI=1S/C22H21F3N2O4S/c1-4-17(21(28)29)27-20(22(23,24)25)18(14-7-5-13(2)6-8-14)19(26-27)15-9-11-16(12-10-15)32(3,30)31/h5-12,17H,4H2,1-3H3,(H,28,29). The van der Waals surface area contributed by atoms with Crippen LogP contribution in [0.25, 0.3) is 22.4 Å². The van der Waals surface area contributed by atoms with Gasteiger partial charge in [0.1, 0.15) is 11.7 Å². The molecule has 1 atom stereocenters. The fourth-order valence-electron chi connectivity index (χ4n) is 3.44. The van der Waals surface area contributed by atoms with Gasteiger partial charge in [-0.15, -0.1) is 0 Å². The molecule has 170 valence electrons. The van der Waals surface area contributed by atoms with Gasteiger partial charge in [0.25, 0.3) is 0 Å². The number of carboxylic acids is 1. The van der Waals surface area contributed by atoms with Gasteiger partial charge in [-0.1, -0.05) is 48.9 Å². The molecule has 10 heteroatoms. The quantitative estimate of drug-likeness (QED) is 0.553. The molecule has 1 aromatic heterocycles. The van der Waals surface area contributed by atoms with Crippen LogP contribution in [0.1, 0.15) is 30.6 Å². The van der Waals surface area contributed by atoms with Gasteiger partial charge in [0.05, 0.1) is 4.90 Å². The lowest BCUT2D eigenvalue weighted by Gasteiger charge is -2.17. The van der Waals surface area contributed by atoms with Gasteiger partial charge in [0, 0.05) is 17.4 Å². The lowest BCUT2D eigenvalue weighted by molar-refractivity contribution is -0.149. The third kappa shape index (κ3) is 4.55. The number of nitrogens with zero attached hydrogens (tertiary/aromatic N) is 2. The van der Waals surface area contributed by atoms with E-state index in [1.807, 2.05) is 0 Å². The van der Waals surface area contributed by atoms with Crippen molar-refractivity contribution in [1.82, 2.24) is 9.78 Å². The van der Waals surface area contributed by atoms with E-state index in [-0.39, 0.29) is 33.7 Å². The molecule has 3 rings (SSSR count). The van der Waals surface area contributed by atoms with Gasteiger partial charge in [-0.3, -0.25) is 0 Å². The summed E-state index contributed by atoms with van der Waals surface area (Å²) in [7, 11) is -3.51. The Kier molecular flexibility index (Phi) is 6.19. The van der Waals surface area contributed by atoms with Crippen LogP contribution >= 0.6 is 0 Å². The number of aryl methyl sites for hydroxylation is 1. The topological polar surface area (TPSA) is 89.3 Å². The van der Waals surface area contributed by atoms with Gasteiger partial charge in [0.15, 0.2) is 15.5 Å². The highest BCUT2D eigenvalue weighted by Crippen LogP contribution is 2.44. The second kappa shape index (κ2) is 8.42. The number of benzene rings is 2. The predicted molar refractivity (Wildman–Crippen MR) is 113 cm³/mol. The first-order valence-electron chi connectivity index (χ1n) is 9.64. The molecular weight excluding hydrogens is 445 g/mol. The molecule has 0 aliphatic heterocycles. The van der Waals surface area contributed by atoms with Crippen molar-refractivity contribution in [3.63, 3.8) is 0 Å². The maximum Gasteiger partial charge on any atom is 0.433 e. The molecule has 0 aliphatic rings. The number of halogens is 3. The van der Waals surface area contributed by atoms with Crippen molar-refractivity contribution in [2.45, 2.75) is 37.4 Å². The molecule has 32 heavy (non-hydrogen) atoms. The van der Waals surface area contributed by atoms with Crippen LogP contribution in [0, 0.1) is 6.92 Å². The summed E-state index contributed by atoms with van der Waals surface area (Å²) >= 11 is 0. The van der Waals surface area contributed by atoms with Crippen LogP contribution in [0.15, 0.2) is 53.4 Å². The Bertz CT molecular complexity index is 1250. The van der Waals surface area contributed by atoms with Crippen molar-refractivity contribution < 1.29 is 31.5 Å². The Labute approximate surface area is 183 Å². The summed E-state index contributed by atoms with van der Waals surface area (Å²) in [5.41, 5.74) is -0.220. The summed E-state index contributed by atoms with van der Waals surface area (Å²) < 4.78 is 66.8. The molecule has 0 radical (unpaired) electrons. The van der Waals surface area contributed by atoms with Gasteiger partial charge in [0.2, 0.25) is 0 Å². The number of rotatable bonds is 6. The van der Waals surface area contributed by atoms with Crippen LogP contribution in [0.5, 0.6) is 0 Å². The zero-order chi connectivity index (χ0) is 23.8. The lowest BCUT2D eigenvalue weighted by atomic mass is 9.97. The number of alkyl halides is 3. The minimum Gasteiger partial charge on any atom is -0.480 e. The maximum absolute atomic E-state index is 14.3. The maximum atomic E-state index is 14.3. The molecular formula is C22H21F3N2O4S. The molecule has 0 aliphatic carbocycles. The first kappa shape index (κ1) is 23.5. The second-order valence-corrected chi connectivity index (χ2v) is 9.46. The van der Waals surface area contributed by atoms with Gasteiger partial charge < -0.3 is 5.11 Å². The lowest BCUT2D eigenvalue weighted by Crippen LogP contribution is -2.25. The van der Waals surface area contributed by atoms with Gasteiger partial charge >= 0.3 is 12.1 Å². The minimum absolute atomic E-state index is 0.00517. The number of hydrogen-bond donors (Lipinski definition) is 1. The Morgan fingerprint density at radius 1 is 1.06 bits per heavy atom. The van der Waals surface area contributed by atoms with E-state index < -0.39 is 33.7 Å². The highest BCUT2D eigenvalue weighted by molar-refractivity contribution is 7.90. The smallest absolute Gasteiger partial charge is 0.433 e. The number of sulfone groups is 1. The van der Waals surface area contributed by atoms with E-state index in [2.05, 4.69) is 5.10 Å². The van der Waals surface area contributed by atoms with E-state index in [1.54, 1.807) is 19.1 Å². The first-order valence-corrected chi connectivity index (χ1v) is 11.5. The summed E-state index contributed by atoms with van der Waals surface area (Å²) in [6, 6.07) is 10.1. The van der Waals surface area contributed by atoms with Crippen molar-refractivity contribution in [3.8, 4) is 22.4 Å². The fourth-order valence-corrected chi connectivity index (χ4v) is 4.07. The van der Waals surface area contributed by atoms with Gasteiger partial charge in [-0.2, -0.15) is 18.3 Å². The van der Waals surface area contributed by atoms with E-state index in [0.29, 0.717) is 4.68 Å². The average molecular weight is 466 g/mol. The molecule has 1 N–H and O–H groups in total. The summed E-state index contributed by atoms with van der Waals surface area (Å²) in [5, 5.41) is 13.6. The second-order valence-electron chi connectivity index (χ2n) is 7.44. The zero-order valence-electron chi connectivity index (χ0n) is 17.5. The van der Waals surface area contributed by atoms with Crippen molar-refractivity contribution >= 4 is 15.8 Å². The number of aromatic nitrogens is 2. The summed E-state index contributed by atoms with van der Waals surface area (Å²) in [6.07, 6.45) is -3.98. The number of carbonyl (C=O) groups is 1. The van der Waals surface area contributed by atoms with E-state index in [9.17, 15) is 31.5 Å². The van der Waals surface area contributed by atoms with E-state index in [0.717, 1.165) is 11.8 Å². The largest absolute Gasteiger partial charge is 0.480 e. The van der Waals surface area contributed by atoms with Crippen molar-refractivity contribution in [3.05, 3.63) is 59.8 Å². The van der Waals surface area contributed by atoms with E-state index in [4.69, 9.17) is 0 Å². The summed E-state index contributed by atoms with van der Waals surface area (Å²) in [6.45, 7) is 3.26. The Morgan fingerprint density at radius 2 is 1.59 bits per heavy atom. The molecule has 1 unspecified atom stereocenters. The molecule has 0 saturated carbocycles. The van der Waals surface area contributed by atoms with Crippen LogP contribution in [-0.4, -0.2) is 35.5 Å². The highest BCUT2D eigenvalue weighted by atomic mass is 32.2. The summed E-state index contributed by atoms with van der Waals surface area (Å²) in [5.74, 6) is -1.44. The van der Waals surface area contributed by atoms with E-state index in [1.165, 1.54) is 43.3 Å². The third-order valence-corrected chi connectivity index (χ3v) is 6.17. The number of hydrogen-bond acceptors (Lipinski definition) is 4. The highest BCUT2D eigenvalue weighted by Gasteiger charge is 2.43. The first-order chi connectivity index (χ1) is 14.8. The molecule has 0 spiro atoms. The minimum atomic E-state index is -4.89. The normalized spacial score (nSPS) is 13.2. The van der Waals surface area contributed by atoms with Gasteiger partial charge in [-0.05, 0) is 31.0 Å². The molecule has 0 amide bonds. The zero-order valence-corrected chi connectivity index (χ0v) is 18.3. The molecule has 6 nitrogen and oxygen atoms in total. The average Bonchev–Trinajstić information content (AvgIpc) is 3.09. The monoisotopic (exact) mass is 466 g/mol. The molecule has 1 heterocycles. The van der Waals surface area contributed by atoms with Crippen molar-refractivity contribution in [1.29, 1.82) is 0 Å². The molecule has 3 aromatic rings. The molecule has 0 bridgehead atoms. The number of carboxylic acid groups (broad SMARTS) is 1. The fraction of sp³-hybridized carbons (Fsp3) is 0.273. The third-order valence-electron chi connectivity index (χ3n) is 5.04. The molecule has 2 aromatic carbocycles. The SMILES string of the molecule is CCC(C(=O)O)n1nc(-c2ccc(S(C)(=O)=O)cc2)c(-c2ccc(C)cc2)c1C(F)(F)F.